The number of hydrogen-bond donors (Lipinski definition) is 4. The number of nitrogens with zero attached hydrogens (tertiary/aromatic N) is 1. The second-order valence-corrected chi connectivity index (χ2v) is 13.1. The molecule has 2 heterocycles. The van der Waals surface area contributed by atoms with Crippen molar-refractivity contribution in [2.75, 3.05) is 5.88 Å². The number of rotatable bonds is 8. The molecule has 0 unspecified atom stereocenters. The smallest absolute Gasteiger partial charge is 0.254 e. The molecule has 1 aromatic heterocycles. The van der Waals surface area contributed by atoms with Crippen LogP contribution in [0.1, 0.15) is 65.5 Å². The van der Waals surface area contributed by atoms with Gasteiger partial charge in [0.2, 0.25) is 5.91 Å². The molecular formula is C32H37N3O6S. The number of thioether (sulfide) groups is 1. The molecule has 10 heteroatoms. The molecule has 0 bridgehead atoms. The number of carbonyl (C=O) groups is 3. The van der Waals surface area contributed by atoms with Gasteiger partial charge in [-0.25, -0.2) is 0 Å². The van der Waals surface area contributed by atoms with Gasteiger partial charge in [0, 0.05) is 27.9 Å². The largest absolute Gasteiger partial charge is 0.508 e. The van der Waals surface area contributed by atoms with E-state index in [1.165, 1.54) is 22.7 Å². The molecule has 3 amide bonds. The van der Waals surface area contributed by atoms with Gasteiger partial charge in [0.1, 0.15) is 17.6 Å². The first-order valence-electron chi connectivity index (χ1n) is 14.2. The standard InChI is InChI=1S/C32H37N3O6S/c1-19-21(11-7-13-25(19)36)29(38)34-24(17-20-9-5-4-6-10-20)27(37)31(40)35-18-42-32(2,3)28(35)30(39)33-23-12-8-14-26-22(23)15-16-41-26/h4-7,9-11,13,15-16,23-24,27-28,36-37H,8,12,14,17-18H2,1-3H3,(H,33,39)(H,34,38)/t23-,24+,27+,28-/m1/s1. The van der Waals surface area contributed by atoms with Crippen LogP contribution in [-0.2, 0) is 22.4 Å². The van der Waals surface area contributed by atoms with Crippen molar-refractivity contribution < 1.29 is 29.0 Å². The molecule has 4 atom stereocenters. The number of aromatic hydroxyl groups is 1. The maximum absolute atomic E-state index is 13.9. The predicted octanol–water partition coefficient (Wildman–Crippen LogP) is 3.87. The fraction of sp³-hybridized carbons (Fsp3) is 0.406. The molecule has 222 valence electrons. The summed E-state index contributed by atoms with van der Waals surface area (Å²) in [4.78, 5) is 42.4. The van der Waals surface area contributed by atoms with Gasteiger partial charge >= 0.3 is 0 Å². The van der Waals surface area contributed by atoms with Crippen LogP contribution in [0.5, 0.6) is 5.75 Å². The van der Waals surface area contributed by atoms with Crippen molar-refractivity contribution in [1.82, 2.24) is 15.5 Å². The van der Waals surface area contributed by atoms with Gasteiger partial charge in [-0.1, -0.05) is 36.4 Å². The molecule has 5 rings (SSSR count). The topological polar surface area (TPSA) is 132 Å². The summed E-state index contributed by atoms with van der Waals surface area (Å²) in [6.45, 7) is 5.46. The number of hydrogen-bond acceptors (Lipinski definition) is 7. The van der Waals surface area contributed by atoms with Gasteiger partial charge in [-0.2, -0.15) is 0 Å². The Kier molecular flexibility index (Phi) is 8.65. The second kappa shape index (κ2) is 12.2. The number of carbonyl (C=O) groups excluding carboxylic acids is 3. The van der Waals surface area contributed by atoms with Crippen LogP contribution in [0.3, 0.4) is 0 Å². The maximum Gasteiger partial charge on any atom is 0.254 e. The Bertz CT molecular complexity index is 1460. The number of aliphatic hydroxyl groups excluding tert-OH is 1. The van der Waals surface area contributed by atoms with Gasteiger partial charge in [0.05, 0.1) is 24.2 Å². The van der Waals surface area contributed by atoms with E-state index in [0.29, 0.717) is 5.56 Å². The second-order valence-electron chi connectivity index (χ2n) is 11.5. The third-order valence-electron chi connectivity index (χ3n) is 8.24. The summed E-state index contributed by atoms with van der Waals surface area (Å²) < 4.78 is 4.97. The minimum absolute atomic E-state index is 0.0235. The summed E-state index contributed by atoms with van der Waals surface area (Å²) in [5.41, 5.74) is 2.42. The van der Waals surface area contributed by atoms with Crippen LogP contribution in [0.2, 0.25) is 0 Å². The van der Waals surface area contributed by atoms with Crippen molar-refractivity contribution in [2.24, 2.45) is 0 Å². The zero-order chi connectivity index (χ0) is 30.0. The SMILES string of the molecule is Cc1c(O)cccc1C(=O)N[C@@H](Cc1ccccc1)[C@H](O)C(=O)N1CSC(C)(C)[C@H]1C(=O)N[C@@H]1CCCc2occc21. The van der Waals surface area contributed by atoms with Crippen molar-refractivity contribution in [3.8, 4) is 5.75 Å². The average Bonchev–Trinajstić information content (AvgIpc) is 3.58. The highest BCUT2D eigenvalue weighted by Crippen LogP contribution is 2.41. The van der Waals surface area contributed by atoms with Gasteiger partial charge in [-0.05, 0) is 63.8 Å². The Morgan fingerprint density at radius 3 is 2.64 bits per heavy atom. The highest BCUT2D eigenvalue weighted by molar-refractivity contribution is 8.00. The molecule has 42 heavy (non-hydrogen) atoms. The van der Waals surface area contributed by atoms with Crippen LogP contribution >= 0.6 is 11.8 Å². The summed E-state index contributed by atoms with van der Waals surface area (Å²) in [6.07, 6.45) is 2.68. The van der Waals surface area contributed by atoms with Crippen molar-refractivity contribution >= 4 is 29.5 Å². The summed E-state index contributed by atoms with van der Waals surface area (Å²) >= 11 is 1.47. The fourth-order valence-electron chi connectivity index (χ4n) is 5.87. The number of nitrogens with one attached hydrogen (secondary N) is 2. The number of fused-ring (bicyclic) bond motifs is 1. The third-order valence-corrected chi connectivity index (χ3v) is 9.62. The Labute approximate surface area is 249 Å². The Hall–Kier alpha value is -3.76. The summed E-state index contributed by atoms with van der Waals surface area (Å²) in [7, 11) is 0. The Morgan fingerprint density at radius 1 is 1.12 bits per heavy atom. The summed E-state index contributed by atoms with van der Waals surface area (Å²) in [6, 6.07) is 13.8. The van der Waals surface area contributed by atoms with E-state index in [0.717, 1.165) is 36.1 Å². The highest BCUT2D eigenvalue weighted by Gasteiger charge is 2.50. The number of phenols is 1. The molecule has 1 aliphatic carbocycles. The molecule has 1 saturated heterocycles. The van der Waals surface area contributed by atoms with Gasteiger partial charge in [-0.3, -0.25) is 14.4 Å². The fourth-order valence-corrected chi connectivity index (χ4v) is 7.01. The predicted molar refractivity (Wildman–Crippen MR) is 160 cm³/mol. The van der Waals surface area contributed by atoms with E-state index in [2.05, 4.69) is 10.6 Å². The third kappa shape index (κ3) is 6.05. The van der Waals surface area contributed by atoms with Crippen LogP contribution in [0.25, 0.3) is 0 Å². The average molecular weight is 592 g/mol. The molecule has 2 aromatic carbocycles. The lowest BCUT2D eigenvalue weighted by Gasteiger charge is -2.34. The van der Waals surface area contributed by atoms with Crippen molar-refractivity contribution in [3.63, 3.8) is 0 Å². The van der Waals surface area contributed by atoms with Gasteiger partial charge in [-0.15, -0.1) is 11.8 Å². The summed E-state index contributed by atoms with van der Waals surface area (Å²) in [5.74, 6) is -0.366. The molecule has 0 spiro atoms. The number of amides is 3. The normalized spacial score (nSPS) is 20.8. The van der Waals surface area contributed by atoms with E-state index in [-0.39, 0.29) is 35.6 Å². The quantitative estimate of drug-likeness (QED) is 0.313. The first kappa shape index (κ1) is 29.7. The van der Waals surface area contributed by atoms with E-state index < -0.39 is 34.7 Å². The zero-order valence-corrected chi connectivity index (χ0v) is 24.8. The minimum atomic E-state index is -1.62. The van der Waals surface area contributed by atoms with E-state index in [1.807, 2.05) is 50.2 Å². The minimum Gasteiger partial charge on any atom is -0.508 e. The van der Waals surface area contributed by atoms with E-state index in [1.54, 1.807) is 25.3 Å². The molecule has 9 nitrogen and oxygen atoms in total. The molecule has 1 fully saturated rings. The Morgan fingerprint density at radius 2 is 1.88 bits per heavy atom. The van der Waals surface area contributed by atoms with Gasteiger partial charge in [0.25, 0.3) is 11.8 Å². The van der Waals surface area contributed by atoms with E-state index in [4.69, 9.17) is 4.42 Å². The van der Waals surface area contributed by atoms with Crippen molar-refractivity contribution in [1.29, 1.82) is 0 Å². The molecular weight excluding hydrogens is 554 g/mol. The number of aliphatic hydroxyl groups is 1. The van der Waals surface area contributed by atoms with Crippen LogP contribution in [-0.4, -0.2) is 61.6 Å². The molecule has 1 aliphatic heterocycles. The Balaban J connectivity index is 1.38. The van der Waals surface area contributed by atoms with Gasteiger partial charge < -0.3 is 30.2 Å². The van der Waals surface area contributed by atoms with Crippen LogP contribution < -0.4 is 10.6 Å². The van der Waals surface area contributed by atoms with Gasteiger partial charge in [0.15, 0.2) is 6.10 Å². The lowest BCUT2D eigenvalue weighted by atomic mass is 9.92. The molecule has 0 saturated carbocycles. The lowest BCUT2D eigenvalue weighted by Crippen LogP contribution is -2.59. The summed E-state index contributed by atoms with van der Waals surface area (Å²) in [5, 5.41) is 27.6. The number of phenolic OH excluding ortho intramolecular Hbond substituents is 1. The number of benzene rings is 2. The molecule has 3 aromatic rings. The molecule has 0 radical (unpaired) electrons. The van der Waals surface area contributed by atoms with Crippen molar-refractivity contribution in [3.05, 3.63) is 88.9 Å². The highest BCUT2D eigenvalue weighted by atomic mass is 32.2. The molecule has 2 aliphatic rings. The van der Waals surface area contributed by atoms with Crippen LogP contribution in [0.4, 0.5) is 0 Å². The van der Waals surface area contributed by atoms with E-state index in [9.17, 15) is 24.6 Å². The van der Waals surface area contributed by atoms with Crippen LogP contribution in [0, 0.1) is 6.92 Å². The first-order valence-corrected chi connectivity index (χ1v) is 15.2. The number of aryl methyl sites for hydroxylation is 1. The number of furan rings is 1. The van der Waals surface area contributed by atoms with E-state index >= 15 is 0 Å². The zero-order valence-electron chi connectivity index (χ0n) is 24.0. The maximum atomic E-state index is 13.9. The lowest BCUT2D eigenvalue weighted by molar-refractivity contribution is -0.147. The molecule has 4 N–H and O–H groups in total. The first-order chi connectivity index (χ1) is 20.1. The van der Waals surface area contributed by atoms with Crippen LogP contribution in [0.15, 0.2) is 65.3 Å². The monoisotopic (exact) mass is 591 g/mol. The van der Waals surface area contributed by atoms with Crippen molar-refractivity contribution in [2.45, 2.75) is 75.4 Å².